The van der Waals surface area contributed by atoms with Gasteiger partial charge in [-0.1, -0.05) is 64.0 Å². The summed E-state index contributed by atoms with van der Waals surface area (Å²) in [5.74, 6) is -2.10. The van der Waals surface area contributed by atoms with Gasteiger partial charge in [0.15, 0.2) is 10.0 Å². The number of amides is 5. The number of halogens is 1. The zero-order valence-electron chi connectivity index (χ0n) is 32.0. The van der Waals surface area contributed by atoms with Crippen molar-refractivity contribution >= 4 is 46.0 Å². The molecule has 54 heavy (non-hydrogen) atoms. The molecule has 1 fully saturated rings. The van der Waals surface area contributed by atoms with E-state index in [-0.39, 0.29) is 45.0 Å². The molecule has 0 saturated heterocycles. The Morgan fingerprint density at radius 3 is 2.46 bits per heavy atom. The molecule has 1 heterocycles. The molecular formula is C38H56FN5O9S. The van der Waals surface area contributed by atoms with Crippen LogP contribution in [0.4, 0.5) is 14.0 Å². The first-order valence-electron chi connectivity index (χ1n) is 18.5. The molecule has 0 aromatic heterocycles. The number of carbonyl (C=O) groups excluding carboxylic acids is 4. The molecule has 300 valence electrons. The van der Waals surface area contributed by atoms with Gasteiger partial charge in [0.25, 0.3) is 5.91 Å². The maximum Gasteiger partial charge on any atom is 0.407 e. The van der Waals surface area contributed by atoms with Crippen LogP contribution in [-0.2, 0) is 46.4 Å². The second kappa shape index (κ2) is 20.4. The molecule has 1 aromatic carbocycles. The van der Waals surface area contributed by atoms with Crippen molar-refractivity contribution in [3.05, 3.63) is 52.9 Å². The van der Waals surface area contributed by atoms with Crippen molar-refractivity contribution in [2.24, 2.45) is 10.3 Å². The van der Waals surface area contributed by atoms with Gasteiger partial charge in [0, 0.05) is 24.3 Å². The maximum absolute atomic E-state index is 14.2. The number of alkyl carbamates (subject to hydrolysis) is 1. The summed E-state index contributed by atoms with van der Waals surface area (Å²) in [6.07, 6.45) is 8.05. The number of fused-ring (bicyclic) bond motifs is 1. The van der Waals surface area contributed by atoms with Crippen LogP contribution in [0.2, 0.25) is 0 Å². The maximum atomic E-state index is 14.2. The first kappa shape index (κ1) is 44.1. The fraction of sp³-hybridized carbons (Fsp3) is 0.605. The molecule has 1 aliphatic carbocycles. The molecule has 16 heteroatoms. The average Bonchev–Trinajstić information content (AvgIpc) is 3.60. The summed E-state index contributed by atoms with van der Waals surface area (Å²) in [6.45, 7) is 11.5. The first-order chi connectivity index (χ1) is 25.4. The van der Waals surface area contributed by atoms with Crippen molar-refractivity contribution in [2.45, 2.75) is 123 Å². The highest BCUT2D eigenvalue weighted by atomic mass is 32.2. The molecule has 1 aromatic rings. The van der Waals surface area contributed by atoms with E-state index < -0.39 is 63.4 Å². The highest BCUT2D eigenvalue weighted by molar-refractivity contribution is 7.88. The van der Waals surface area contributed by atoms with Crippen LogP contribution >= 0.6 is 0 Å². The Labute approximate surface area is 318 Å². The van der Waals surface area contributed by atoms with Gasteiger partial charge in [-0.2, -0.15) is 0 Å². The smallest absolute Gasteiger partial charge is 0.407 e. The third kappa shape index (κ3) is 14.8. The van der Waals surface area contributed by atoms with Gasteiger partial charge in [-0.25, -0.2) is 18.2 Å². The van der Waals surface area contributed by atoms with Crippen molar-refractivity contribution in [3.63, 3.8) is 0 Å². The lowest BCUT2D eigenvalue weighted by molar-refractivity contribution is -0.128. The van der Waals surface area contributed by atoms with E-state index in [1.54, 1.807) is 19.1 Å². The minimum atomic E-state index is -3.29. The zero-order chi connectivity index (χ0) is 40.1. The van der Waals surface area contributed by atoms with Crippen LogP contribution in [0.1, 0.15) is 109 Å². The van der Waals surface area contributed by atoms with Crippen molar-refractivity contribution in [1.82, 2.24) is 20.9 Å². The Kier molecular flexibility index (Phi) is 16.7. The van der Waals surface area contributed by atoms with Gasteiger partial charge < -0.3 is 25.8 Å². The van der Waals surface area contributed by atoms with Gasteiger partial charge in [0.2, 0.25) is 11.8 Å². The molecule has 2 aliphatic rings. The number of carbonyl (C=O) groups is 5. The van der Waals surface area contributed by atoms with Crippen molar-refractivity contribution in [3.8, 4) is 0 Å². The lowest BCUT2D eigenvalue weighted by Crippen LogP contribution is -2.47. The van der Waals surface area contributed by atoms with Crippen LogP contribution in [0.5, 0.6) is 0 Å². The van der Waals surface area contributed by atoms with Gasteiger partial charge in [-0.15, -0.1) is 4.36 Å². The van der Waals surface area contributed by atoms with E-state index in [9.17, 15) is 37.7 Å². The van der Waals surface area contributed by atoms with Crippen molar-refractivity contribution < 1.29 is 46.6 Å². The number of hydrogen-bond donors (Lipinski definition) is 4. The standard InChI is InChI=1S/C38H56FN5O9S/c1-7-12-26(4)20-32(35(47)43-54(6,51)53-38(5)16-17-38)42-33(45)21-28(19-25(3)8-2)41-34(46)22-40-36(48)52-18-11-9-10-13-27-14-15-31(39)30-24-44(37(49)50)23-29(27)30/h10,13-15,25,28,32H,4,7-9,11-12,16-24H2,1-3,5-6H3,(H,40,48)(H,41,46)(H,42,45)(H,49,50). The third-order valence-corrected chi connectivity index (χ3v) is 10.5. The van der Waals surface area contributed by atoms with E-state index in [0.29, 0.717) is 36.8 Å². The van der Waals surface area contributed by atoms with E-state index in [4.69, 9.17) is 8.92 Å². The highest BCUT2D eigenvalue weighted by Gasteiger charge is 2.42. The predicted molar refractivity (Wildman–Crippen MR) is 203 cm³/mol. The van der Waals surface area contributed by atoms with E-state index in [1.165, 1.54) is 12.3 Å². The van der Waals surface area contributed by atoms with Crippen LogP contribution in [-0.4, -0.2) is 81.2 Å². The summed E-state index contributed by atoms with van der Waals surface area (Å²) in [7, 11) is -3.29. The molecule has 0 radical (unpaired) electrons. The normalized spacial score (nSPS) is 17.0. The number of nitrogens with one attached hydrogen (secondary N) is 3. The summed E-state index contributed by atoms with van der Waals surface area (Å²) in [6, 6.07) is 1.21. The summed E-state index contributed by atoms with van der Waals surface area (Å²) >= 11 is 0. The van der Waals surface area contributed by atoms with Crippen LogP contribution in [0, 0.1) is 11.7 Å². The van der Waals surface area contributed by atoms with Gasteiger partial charge in [-0.3, -0.25) is 23.5 Å². The van der Waals surface area contributed by atoms with Gasteiger partial charge >= 0.3 is 12.2 Å². The van der Waals surface area contributed by atoms with Crippen molar-refractivity contribution in [2.75, 3.05) is 19.4 Å². The topological polar surface area (TPSA) is 193 Å². The first-order valence-corrected chi connectivity index (χ1v) is 20.4. The highest BCUT2D eigenvalue weighted by Crippen LogP contribution is 2.40. The van der Waals surface area contributed by atoms with Crippen LogP contribution < -0.4 is 16.0 Å². The Bertz CT molecular complexity index is 1700. The Morgan fingerprint density at radius 1 is 1.11 bits per heavy atom. The largest absolute Gasteiger partial charge is 0.465 e. The fourth-order valence-electron chi connectivity index (χ4n) is 5.97. The SMILES string of the molecule is C=C(CCC)CC(NC(=O)CC(CC(C)CC)NC(=O)CNC(=O)OCCCC=Cc1ccc(F)c2c1CN(C(=O)O)C2)C(=O)N=S(C)(=O)OC1(C)CC1. The number of allylic oxidation sites excluding steroid dienone is 1. The van der Waals surface area contributed by atoms with E-state index in [2.05, 4.69) is 26.9 Å². The quantitative estimate of drug-likeness (QED) is 0.0858. The van der Waals surface area contributed by atoms with Gasteiger partial charge in [0.05, 0.1) is 25.3 Å². The fourth-order valence-corrected chi connectivity index (χ4v) is 7.38. The number of carboxylic acid groups (broad SMARTS) is 1. The molecule has 5 amide bonds. The van der Waals surface area contributed by atoms with Crippen LogP contribution in [0.25, 0.3) is 6.08 Å². The Hall–Kier alpha value is -4.31. The second-order valence-corrected chi connectivity index (χ2v) is 16.3. The number of ether oxygens (including phenoxy) is 1. The molecule has 0 bridgehead atoms. The molecular weight excluding hydrogens is 722 g/mol. The Morgan fingerprint density at radius 2 is 1.81 bits per heavy atom. The van der Waals surface area contributed by atoms with Crippen LogP contribution in [0.3, 0.4) is 0 Å². The number of unbranched alkanes of at least 4 members (excludes halogenated alkanes) is 1. The van der Waals surface area contributed by atoms with E-state index in [1.807, 2.05) is 26.8 Å². The van der Waals surface area contributed by atoms with Crippen LogP contribution in [0.15, 0.2) is 34.7 Å². The summed E-state index contributed by atoms with van der Waals surface area (Å²) in [5.41, 5.74) is 1.88. The number of nitrogens with zero attached hydrogens (tertiary/aromatic N) is 2. The molecule has 1 aliphatic heterocycles. The summed E-state index contributed by atoms with van der Waals surface area (Å²) in [5, 5.41) is 17.2. The van der Waals surface area contributed by atoms with E-state index >= 15 is 0 Å². The molecule has 4 N–H and O–H groups in total. The Balaban J connectivity index is 1.48. The summed E-state index contributed by atoms with van der Waals surface area (Å²) in [4.78, 5) is 64.1. The summed E-state index contributed by atoms with van der Waals surface area (Å²) < 4.78 is 41.8. The minimum absolute atomic E-state index is 0.00320. The monoisotopic (exact) mass is 777 g/mol. The molecule has 1 saturated carbocycles. The third-order valence-electron chi connectivity index (χ3n) is 9.29. The predicted octanol–water partition coefficient (Wildman–Crippen LogP) is 5.99. The second-order valence-electron chi connectivity index (χ2n) is 14.5. The minimum Gasteiger partial charge on any atom is -0.465 e. The number of rotatable bonds is 21. The van der Waals surface area contributed by atoms with Crippen molar-refractivity contribution in [1.29, 1.82) is 0 Å². The number of benzene rings is 1. The molecule has 0 spiro atoms. The zero-order valence-corrected chi connectivity index (χ0v) is 32.9. The lowest BCUT2D eigenvalue weighted by Gasteiger charge is -2.23. The molecule has 4 unspecified atom stereocenters. The lowest BCUT2D eigenvalue weighted by atomic mass is 9.96. The molecule has 4 atom stereocenters. The average molecular weight is 778 g/mol. The van der Waals surface area contributed by atoms with Gasteiger partial charge in [-0.05, 0) is 75.0 Å². The number of hydrogen-bond acceptors (Lipinski definition) is 8. The molecule has 14 nitrogen and oxygen atoms in total. The molecule has 3 rings (SSSR count). The van der Waals surface area contributed by atoms with Gasteiger partial charge in [0.1, 0.15) is 18.4 Å². The van der Waals surface area contributed by atoms with E-state index in [0.717, 1.165) is 41.7 Å².